The third-order valence-corrected chi connectivity index (χ3v) is 13.7. The minimum Gasteiger partial charge on any atom is -0.391 e. The number of para-hydroxylation sites is 1. The number of aliphatic hydroxyl groups is 1. The molecule has 5 amide bonds. The molecule has 5 N–H and O–H groups in total. The number of aryl methyl sites for hydroxylation is 3. The summed E-state index contributed by atoms with van der Waals surface area (Å²) in [6.45, 7) is 13.0. The van der Waals surface area contributed by atoms with Crippen LogP contribution in [0, 0.1) is 26.2 Å². The van der Waals surface area contributed by atoms with E-state index >= 15 is 0 Å². The fraction of sp³-hybridized carbons (Fsp3) is 0.413. The lowest BCUT2D eigenvalue weighted by atomic mass is 9.85. The van der Waals surface area contributed by atoms with Gasteiger partial charge in [-0.2, -0.15) is 0 Å². The molecule has 3 aromatic heterocycles. The maximum absolute atomic E-state index is 14.1. The molecule has 5 aromatic rings. The Morgan fingerprint density at radius 2 is 1.70 bits per heavy atom. The second-order valence-corrected chi connectivity index (χ2v) is 19.8. The molecule has 5 heterocycles. The number of benzene rings is 2. The zero-order chi connectivity index (χ0) is 47.3. The Kier molecular flexibility index (Phi) is 15.0. The van der Waals surface area contributed by atoms with E-state index in [1.807, 2.05) is 75.9 Å². The molecular formula is C46H54ClN11O6S2. The topological polar surface area (TPSA) is 215 Å². The van der Waals surface area contributed by atoms with E-state index in [0.29, 0.717) is 64.4 Å². The molecule has 2 saturated heterocycles. The van der Waals surface area contributed by atoms with Gasteiger partial charge in [-0.25, -0.2) is 19.9 Å². The number of aliphatic hydroxyl groups excluding tert-OH is 1. The maximum Gasteiger partial charge on any atom is 0.267 e. The SMILES string of the molecule is Cc1nc(Nc2ncc(C(=O)Nc3c(C)cccc3Cl)s2)cc(N2CCN(C(=O)CCC(=O)N[C@H](C(=O)N3C[C@H](O)C[C@H]3C(=O)NCc3ccc(-c4scnc4C)cc3)C(C)(C)C)CC2)n1. The van der Waals surface area contributed by atoms with Crippen LogP contribution in [0.5, 0.6) is 0 Å². The number of aromatic nitrogens is 4. The number of carbonyl (C=O) groups is 5. The first kappa shape index (κ1) is 47.9. The van der Waals surface area contributed by atoms with Crippen molar-refractivity contribution in [2.45, 2.75) is 85.5 Å². The van der Waals surface area contributed by atoms with Crippen LogP contribution < -0.4 is 26.2 Å². The lowest BCUT2D eigenvalue weighted by molar-refractivity contribution is -0.144. The summed E-state index contributed by atoms with van der Waals surface area (Å²) in [6.07, 6.45) is 0.470. The molecule has 0 radical (unpaired) electrons. The number of likely N-dealkylation sites (tertiary alicyclic amines) is 1. The zero-order valence-corrected chi connectivity index (χ0v) is 40.1. The number of nitrogens with one attached hydrogen (secondary N) is 4. The van der Waals surface area contributed by atoms with Gasteiger partial charge in [0.1, 0.15) is 34.4 Å². The summed E-state index contributed by atoms with van der Waals surface area (Å²) in [5.41, 5.74) is 5.32. The van der Waals surface area contributed by atoms with E-state index in [4.69, 9.17) is 11.6 Å². The molecule has 0 bridgehead atoms. The number of nitrogens with zero attached hydrogens (tertiary/aromatic N) is 7. The van der Waals surface area contributed by atoms with Gasteiger partial charge in [-0.05, 0) is 48.9 Å². The average Bonchev–Trinajstić information content (AvgIpc) is 4.04. The first-order valence-corrected chi connectivity index (χ1v) is 23.7. The number of halogens is 1. The number of rotatable bonds is 14. The van der Waals surface area contributed by atoms with Gasteiger partial charge < -0.3 is 41.1 Å². The number of amides is 5. The van der Waals surface area contributed by atoms with E-state index in [-0.39, 0.29) is 44.2 Å². The fourth-order valence-electron chi connectivity index (χ4n) is 7.87. The first-order valence-electron chi connectivity index (χ1n) is 21.7. The largest absolute Gasteiger partial charge is 0.391 e. The van der Waals surface area contributed by atoms with Gasteiger partial charge in [-0.1, -0.05) is 80.1 Å². The molecule has 348 valence electrons. The van der Waals surface area contributed by atoms with Gasteiger partial charge in [0.2, 0.25) is 23.6 Å². The molecule has 0 unspecified atom stereocenters. The van der Waals surface area contributed by atoms with E-state index in [2.05, 4.69) is 41.2 Å². The van der Waals surface area contributed by atoms with Gasteiger partial charge in [0.15, 0.2) is 5.13 Å². The third kappa shape index (κ3) is 11.7. The van der Waals surface area contributed by atoms with E-state index in [1.165, 1.54) is 22.4 Å². The minimum absolute atomic E-state index is 0.0440. The number of anilines is 4. The molecule has 7 rings (SSSR count). The molecule has 2 aromatic carbocycles. The summed E-state index contributed by atoms with van der Waals surface area (Å²) in [5.74, 6) is -0.165. The fourth-order valence-corrected chi connectivity index (χ4v) is 9.67. The van der Waals surface area contributed by atoms with Crippen LogP contribution in [0.25, 0.3) is 10.4 Å². The van der Waals surface area contributed by atoms with Crippen LogP contribution in [0.4, 0.5) is 22.5 Å². The van der Waals surface area contributed by atoms with Crippen molar-refractivity contribution in [1.29, 1.82) is 0 Å². The second kappa shape index (κ2) is 20.7. The standard InChI is InChI=1S/C46H54ClN11O6S2/c1-26-8-7-9-32(47)39(26)55-43(63)34-23-49-45(66-34)53-35-21-36(52-28(3)51-35)56-16-18-57(19-17-56)38(61)15-14-37(60)54-41(46(4,5)6)44(64)58-24-31(59)20-33(58)42(62)48-22-29-10-12-30(13-11-29)40-27(2)50-25-65-40/h7-13,21,23,25,31,33,41,59H,14-20,22,24H2,1-6H3,(H,48,62)(H,54,60)(H,55,63)(H,49,51,52,53)/t31-,33+,41-/m1/s1. The van der Waals surface area contributed by atoms with Crippen molar-refractivity contribution < 1.29 is 29.1 Å². The molecule has 0 saturated carbocycles. The van der Waals surface area contributed by atoms with Gasteiger partial charge in [-0.15, -0.1) is 11.3 Å². The Morgan fingerprint density at radius 3 is 2.38 bits per heavy atom. The molecule has 2 fully saturated rings. The summed E-state index contributed by atoms with van der Waals surface area (Å²) in [4.78, 5) is 91.7. The van der Waals surface area contributed by atoms with Crippen LogP contribution >= 0.6 is 34.3 Å². The number of piperazine rings is 1. The van der Waals surface area contributed by atoms with E-state index in [0.717, 1.165) is 27.3 Å². The molecule has 2 aliphatic rings. The highest BCUT2D eigenvalue weighted by atomic mass is 35.5. The first-order chi connectivity index (χ1) is 31.4. The summed E-state index contributed by atoms with van der Waals surface area (Å²) in [6, 6.07) is 13.1. The van der Waals surface area contributed by atoms with Gasteiger partial charge in [0.05, 0.1) is 39.1 Å². The van der Waals surface area contributed by atoms with Crippen molar-refractivity contribution in [3.8, 4) is 10.4 Å². The van der Waals surface area contributed by atoms with Crippen molar-refractivity contribution in [2.24, 2.45) is 5.41 Å². The Labute approximate surface area is 396 Å². The van der Waals surface area contributed by atoms with Crippen LogP contribution in [0.3, 0.4) is 0 Å². The monoisotopic (exact) mass is 955 g/mol. The number of carbonyl (C=O) groups excluding carboxylic acids is 5. The molecule has 3 atom stereocenters. The Hall–Kier alpha value is -6.02. The Morgan fingerprint density at radius 1 is 0.955 bits per heavy atom. The van der Waals surface area contributed by atoms with Gasteiger partial charge in [0.25, 0.3) is 5.91 Å². The molecular weight excluding hydrogens is 902 g/mol. The molecule has 0 spiro atoms. The predicted octanol–water partition coefficient (Wildman–Crippen LogP) is 5.87. The van der Waals surface area contributed by atoms with Crippen LogP contribution in [0.1, 0.15) is 72.4 Å². The summed E-state index contributed by atoms with van der Waals surface area (Å²) in [5, 5.41) is 23.3. The number of thiazole rings is 2. The quantitative estimate of drug-likeness (QED) is 0.0885. The smallest absolute Gasteiger partial charge is 0.267 e. The lowest BCUT2D eigenvalue weighted by Gasteiger charge is -2.36. The van der Waals surface area contributed by atoms with Gasteiger partial charge in [0, 0.05) is 64.6 Å². The third-order valence-electron chi connectivity index (χ3n) is 11.5. The summed E-state index contributed by atoms with van der Waals surface area (Å²) in [7, 11) is 0. The molecule has 0 aliphatic carbocycles. The second-order valence-electron chi connectivity index (χ2n) is 17.5. The normalized spacial score (nSPS) is 16.8. The highest BCUT2D eigenvalue weighted by Gasteiger charge is 2.44. The van der Waals surface area contributed by atoms with E-state index < -0.39 is 41.3 Å². The maximum atomic E-state index is 14.1. The van der Waals surface area contributed by atoms with Crippen LogP contribution in [0.2, 0.25) is 5.02 Å². The number of β-amino-alcohol motifs (C(OH)–C–C–N with tert-alkyl or cyclic N) is 1. The van der Waals surface area contributed by atoms with Crippen LogP contribution in [-0.2, 0) is 25.7 Å². The Bertz CT molecular complexity index is 2570. The van der Waals surface area contributed by atoms with Crippen molar-refractivity contribution in [3.05, 3.63) is 92.8 Å². The van der Waals surface area contributed by atoms with Crippen molar-refractivity contribution in [1.82, 2.24) is 40.4 Å². The lowest BCUT2D eigenvalue weighted by Crippen LogP contribution is -2.57. The Balaban J connectivity index is 0.881. The summed E-state index contributed by atoms with van der Waals surface area (Å²) < 4.78 is 0. The molecule has 2 aliphatic heterocycles. The molecule has 66 heavy (non-hydrogen) atoms. The van der Waals surface area contributed by atoms with Crippen LogP contribution in [0.15, 0.2) is 60.2 Å². The van der Waals surface area contributed by atoms with Crippen molar-refractivity contribution in [2.75, 3.05) is 48.3 Å². The summed E-state index contributed by atoms with van der Waals surface area (Å²) >= 11 is 9.03. The van der Waals surface area contributed by atoms with Crippen molar-refractivity contribution >= 4 is 86.3 Å². The minimum atomic E-state index is -1.01. The molecule has 20 heteroatoms. The predicted molar refractivity (Wildman–Crippen MR) is 256 cm³/mol. The molecule has 17 nitrogen and oxygen atoms in total. The van der Waals surface area contributed by atoms with Crippen LogP contribution in [-0.4, -0.2) is 115 Å². The number of hydrogen-bond donors (Lipinski definition) is 5. The van der Waals surface area contributed by atoms with E-state index in [9.17, 15) is 29.1 Å². The van der Waals surface area contributed by atoms with E-state index in [1.54, 1.807) is 40.8 Å². The van der Waals surface area contributed by atoms with Crippen molar-refractivity contribution in [3.63, 3.8) is 0 Å². The highest BCUT2D eigenvalue weighted by molar-refractivity contribution is 7.17. The van der Waals surface area contributed by atoms with Gasteiger partial charge >= 0.3 is 0 Å². The number of hydrogen-bond acceptors (Lipinski definition) is 14. The average molecular weight is 957 g/mol. The van der Waals surface area contributed by atoms with Gasteiger partial charge in [-0.3, -0.25) is 24.0 Å². The highest BCUT2D eigenvalue weighted by Crippen LogP contribution is 2.31. The zero-order valence-electron chi connectivity index (χ0n) is 37.7.